The van der Waals surface area contributed by atoms with Gasteiger partial charge in [-0.2, -0.15) is 0 Å². The lowest BCUT2D eigenvalue weighted by atomic mass is 10.2. The molecular weight excluding hydrogens is 441 g/mol. The van der Waals surface area contributed by atoms with Crippen LogP contribution in [0.2, 0.25) is 0 Å². The quantitative estimate of drug-likeness (QED) is 0.359. The Balaban J connectivity index is 0.00000338. The molecule has 2 unspecified atom stereocenters. The van der Waals surface area contributed by atoms with E-state index in [9.17, 15) is 0 Å². The second-order valence-electron chi connectivity index (χ2n) is 6.66. The molecule has 6 nitrogen and oxygen atoms in total. The number of halogens is 1. The van der Waals surface area contributed by atoms with Crippen LogP contribution < -0.4 is 15.5 Å². The second-order valence-corrected chi connectivity index (χ2v) is 6.66. The first kappa shape index (κ1) is 23.0. The van der Waals surface area contributed by atoms with E-state index < -0.39 is 0 Å². The molecule has 1 aliphatic heterocycles. The van der Waals surface area contributed by atoms with Crippen LogP contribution in [0.25, 0.3) is 0 Å². The zero-order valence-corrected chi connectivity index (χ0v) is 18.8. The van der Waals surface area contributed by atoms with Gasteiger partial charge in [-0.05, 0) is 26.0 Å². The number of benzene rings is 1. The number of hydrogen-bond acceptors (Lipinski definition) is 4. The van der Waals surface area contributed by atoms with Gasteiger partial charge in [0.25, 0.3) is 0 Å². The van der Waals surface area contributed by atoms with Gasteiger partial charge < -0.3 is 20.3 Å². The van der Waals surface area contributed by atoms with Crippen molar-refractivity contribution in [2.75, 3.05) is 58.4 Å². The molecule has 2 rings (SSSR count). The Bertz CT molecular complexity index is 520. The summed E-state index contributed by atoms with van der Waals surface area (Å²) in [4.78, 5) is 9.29. The van der Waals surface area contributed by atoms with Crippen LogP contribution in [0.4, 0.5) is 5.69 Å². The number of hydrogen-bond donors (Lipinski definition) is 2. The minimum Gasteiger partial charge on any atom is -0.383 e. The Kier molecular flexibility index (Phi) is 10.9. The predicted molar refractivity (Wildman–Crippen MR) is 121 cm³/mol. The van der Waals surface area contributed by atoms with E-state index in [0.29, 0.717) is 12.6 Å². The Morgan fingerprint density at radius 3 is 2.38 bits per heavy atom. The molecule has 1 saturated heterocycles. The second kappa shape index (κ2) is 12.3. The van der Waals surface area contributed by atoms with Crippen molar-refractivity contribution in [2.24, 2.45) is 4.99 Å². The third-order valence-corrected chi connectivity index (χ3v) is 4.65. The lowest BCUT2D eigenvalue weighted by Crippen LogP contribution is -2.54. The molecule has 0 saturated carbocycles. The zero-order chi connectivity index (χ0) is 18.1. The van der Waals surface area contributed by atoms with Gasteiger partial charge in [-0.1, -0.05) is 18.2 Å². The van der Waals surface area contributed by atoms with Crippen molar-refractivity contribution in [3.05, 3.63) is 30.3 Å². The molecule has 2 N–H and O–H groups in total. The van der Waals surface area contributed by atoms with Gasteiger partial charge in [-0.15, -0.1) is 24.0 Å². The van der Waals surface area contributed by atoms with E-state index in [2.05, 4.69) is 69.6 Å². The molecule has 1 aliphatic rings. The van der Waals surface area contributed by atoms with Gasteiger partial charge in [0.15, 0.2) is 5.96 Å². The molecule has 1 aromatic carbocycles. The molecule has 0 aliphatic carbocycles. The Hall–Kier alpha value is -1.06. The fraction of sp³-hybridized carbons (Fsp3) is 0.632. The van der Waals surface area contributed by atoms with E-state index in [-0.39, 0.29) is 30.0 Å². The third kappa shape index (κ3) is 7.28. The van der Waals surface area contributed by atoms with Gasteiger partial charge in [-0.3, -0.25) is 9.89 Å². The van der Waals surface area contributed by atoms with Crippen molar-refractivity contribution < 1.29 is 4.74 Å². The first-order valence-corrected chi connectivity index (χ1v) is 9.14. The van der Waals surface area contributed by atoms with Crippen LogP contribution in [0, 0.1) is 0 Å². The topological polar surface area (TPSA) is 52.1 Å². The fourth-order valence-corrected chi connectivity index (χ4v) is 3.15. The van der Waals surface area contributed by atoms with Crippen molar-refractivity contribution in [2.45, 2.75) is 25.9 Å². The number of rotatable bonds is 7. The highest BCUT2D eigenvalue weighted by molar-refractivity contribution is 14.0. The van der Waals surface area contributed by atoms with Crippen molar-refractivity contribution in [1.29, 1.82) is 0 Å². The Labute approximate surface area is 175 Å². The minimum atomic E-state index is 0. The van der Waals surface area contributed by atoms with Gasteiger partial charge in [0.1, 0.15) is 0 Å². The van der Waals surface area contributed by atoms with Gasteiger partial charge in [0.2, 0.25) is 0 Å². The summed E-state index contributed by atoms with van der Waals surface area (Å²) in [6.07, 6.45) is 0. The summed E-state index contributed by atoms with van der Waals surface area (Å²) in [5.74, 6) is 0.833. The monoisotopic (exact) mass is 475 g/mol. The van der Waals surface area contributed by atoms with Gasteiger partial charge in [0, 0.05) is 64.7 Å². The van der Waals surface area contributed by atoms with Crippen LogP contribution in [-0.4, -0.2) is 76.4 Å². The lowest BCUT2D eigenvalue weighted by molar-refractivity contribution is 0.178. The SMILES string of the molecule is CN=C(NCC(C)N1CCN(c2ccccc2)CC1)NC(C)COC.I. The van der Waals surface area contributed by atoms with Gasteiger partial charge in [0.05, 0.1) is 6.61 Å². The van der Waals surface area contributed by atoms with E-state index in [1.165, 1.54) is 5.69 Å². The third-order valence-electron chi connectivity index (χ3n) is 4.65. The molecule has 0 radical (unpaired) electrons. The average Bonchev–Trinajstić information content (AvgIpc) is 2.66. The first-order valence-electron chi connectivity index (χ1n) is 9.14. The van der Waals surface area contributed by atoms with Crippen molar-refractivity contribution in [3.63, 3.8) is 0 Å². The minimum absolute atomic E-state index is 0. The first-order chi connectivity index (χ1) is 12.1. The molecule has 1 aromatic rings. The van der Waals surface area contributed by atoms with Crippen molar-refractivity contribution in [1.82, 2.24) is 15.5 Å². The maximum Gasteiger partial charge on any atom is 0.191 e. The highest BCUT2D eigenvalue weighted by Gasteiger charge is 2.21. The maximum absolute atomic E-state index is 5.16. The van der Waals surface area contributed by atoms with E-state index in [1.54, 1.807) is 14.2 Å². The summed E-state index contributed by atoms with van der Waals surface area (Å²) in [5, 5.41) is 6.77. The van der Waals surface area contributed by atoms with E-state index in [0.717, 1.165) is 38.7 Å². The smallest absolute Gasteiger partial charge is 0.191 e. The molecule has 1 heterocycles. The molecular formula is C19H34IN5O. The number of nitrogens with zero attached hydrogens (tertiary/aromatic N) is 3. The molecule has 26 heavy (non-hydrogen) atoms. The van der Waals surface area contributed by atoms with E-state index >= 15 is 0 Å². The van der Waals surface area contributed by atoms with Crippen LogP contribution in [0.3, 0.4) is 0 Å². The van der Waals surface area contributed by atoms with Gasteiger partial charge >= 0.3 is 0 Å². The maximum atomic E-state index is 5.16. The number of anilines is 1. The van der Waals surface area contributed by atoms with Crippen molar-refractivity contribution in [3.8, 4) is 0 Å². The normalized spacial score (nSPS) is 18.0. The summed E-state index contributed by atoms with van der Waals surface area (Å²) in [6.45, 7) is 10.2. The summed E-state index contributed by atoms with van der Waals surface area (Å²) >= 11 is 0. The summed E-state index contributed by atoms with van der Waals surface area (Å²) < 4.78 is 5.16. The Morgan fingerprint density at radius 2 is 1.81 bits per heavy atom. The lowest BCUT2D eigenvalue weighted by Gasteiger charge is -2.39. The zero-order valence-electron chi connectivity index (χ0n) is 16.4. The van der Waals surface area contributed by atoms with Crippen LogP contribution in [0.15, 0.2) is 35.3 Å². The van der Waals surface area contributed by atoms with Crippen molar-refractivity contribution >= 4 is 35.6 Å². The van der Waals surface area contributed by atoms with Gasteiger partial charge in [-0.25, -0.2) is 0 Å². The molecule has 0 aromatic heterocycles. The highest BCUT2D eigenvalue weighted by atomic mass is 127. The molecule has 7 heteroatoms. The molecule has 148 valence electrons. The molecule has 0 amide bonds. The molecule has 0 spiro atoms. The average molecular weight is 475 g/mol. The largest absolute Gasteiger partial charge is 0.383 e. The van der Waals surface area contributed by atoms with Crippen LogP contribution in [-0.2, 0) is 4.74 Å². The molecule has 2 atom stereocenters. The van der Waals surface area contributed by atoms with E-state index in [1.807, 2.05) is 0 Å². The number of piperazine rings is 1. The number of aliphatic imine (C=N–C) groups is 1. The van der Waals surface area contributed by atoms with Crippen LogP contribution in [0.5, 0.6) is 0 Å². The summed E-state index contributed by atoms with van der Waals surface area (Å²) in [6, 6.07) is 11.4. The highest BCUT2D eigenvalue weighted by Crippen LogP contribution is 2.16. The predicted octanol–water partition coefficient (Wildman–Crippen LogP) is 2.01. The number of nitrogens with one attached hydrogen (secondary N) is 2. The number of para-hydroxylation sites is 1. The molecule has 1 fully saturated rings. The summed E-state index contributed by atoms with van der Waals surface area (Å²) in [7, 11) is 3.52. The fourth-order valence-electron chi connectivity index (χ4n) is 3.15. The number of ether oxygens (including phenoxy) is 1. The number of methoxy groups -OCH3 is 1. The van der Waals surface area contributed by atoms with E-state index in [4.69, 9.17) is 4.74 Å². The molecule has 0 bridgehead atoms. The summed E-state index contributed by atoms with van der Waals surface area (Å²) in [5.41, 5.74) is 1.32. The number of guanidine groups is 1. The standard InChI is InChI=1S/C19H33N5O.HI/c1-16(15-25-4)22-19(20-3)21-14-17(2)23-10-12-24(13-11-23)18-8-6-5-7-9-18;/h5-9,16-17H,10-15H2,1-4H3,(H2,20,21,22);1H. The Morgan fingerprint density at radius 1 is 1.15 bits per heavy atom. The van der Waals surface area contributed by atoms with Crippen LogP contribution in [0.1, 0.15) is 13.8 Å². The van der Waals surface area contributed by atoms with Crippen LogP contribution >= 0.6 is 24.0 Å².